The maximum absolute atomic E-state index is 5.32. The molecule has 10 aromatic carbocycles. The van der Waals surface area contributed by atoms with Crippen LogP contribution >= 0.6 is 0 Å². The second kappa shape index (κ2) is 18.1. The van der Waals surface area contributed by atoms with Gasteiger partial charge in [-0.15, -0.1) is 0 Å². The monoisotopic (exact) mass is 960 g/mol. The fourth-order valence-corrected chi connectivity index (χ4v) is 11.2. The molecule has 0 radical (unpaired) electrons. The summed E-state index contributed by atoms with van der Waals surface area (Å²) in [6, 6.07) is 93.2. The number of aromatic nitrogens is 8. The van der Waals surface area contributed by atoms with Gasteiger partial charge in [0.15, 0.2) is 23.3 Å². The number of hydrogen-bond acceptors (Lipinski definition) is 6. The molecule has 14 rings (SSSR count). The Labute approximate surface area is 432 Å². The molecule has 0 amide bonds. The maximum atomic E-state index is 5.32. The summed E-state index contributed by atoms with van der Waals surface area (Å²) >= 11 is 0. The van der Waals surface area contributed by atoms with E-state index < -0.39 is 5.41 Å². The van der Waals surface area contributed by atoms with Crippen LogP contribution in [0.15, 0.2) is 267 Å². The summed E-state index contributed by atoms with van der Waals surface area (Å²) in [6.07, 6.45) is 0. The Morgan fingerprint density at radius 1 is 0.240 bits per heavy atom. The molecule has 0 spiro atoms. The fraction of sp³-hybridized carbons (Fsp3) is 0.0149. The summed E-state index contributed by atoms with van der Waals surface area (Å²) in [5.41, 5.74) is 11.0. The van der Waals surface area contributed by atoms with Crippen LogP contribution in [-0.4, -0.2) is 39.0 Å². The van der Waals surface area contributed by atoms with Crippen molar-refractivity contribution in [1.82, 2.24) is 39.0 Å². The summed E-state index contributed by atoms with van der Waals surface area (Å²) < 4.78 is 4.44. The van der Waals surface area contributed by atoms with E-state index >= 15 is 0 Å². The molecule has 0 saturated carbocycles. The average Bonchev–Trinajstić information content (AvgIpc) is 4.05. The lowest BCUT2D eigenvalue weighted by Crippen LogP contribution is -2.31. The van der Waals surface area contributed by atoms with E-state index in [-0.39, 0.29) is 0 Å². The van der Waals surface area contributed by atoms with Crippen molar-refractivity contribution in [3.05, 3.63) is 289 Å². The molecule has 0 aliphatic heterocycles. The Hall–Kier alpha value is -10.2. The van der Waals surface area contributed by atoms with Crippen molar-refractivity contribution < 1.29 is 0 Å². The number of fused-ring (bicyclic) bond motifs is 6. The topological polar surface area (TPSA) is 87.2 Å². The molecule has 0 atom stereocenters. The van der Waals surface area contributed by atoms with Crippen molar-refractivity contribution in [3.63, 3.8) is 0 Å². The Balaban J connectivity index is 1.10. The normalized spacial score (nSPS) is 11.7. The molecule has 0 aliphatic rings. The molecular formula is C67H44N8. The van der Waals surface area contributed by atoms with Gasteiger partial charge in [0, 0.05) is 43.8 Å². The van der Waals surface area contributed by atoms with Crippen LogP contribution in [0.3, 0.4) is 0 Å². The van der Waals surface area contributed by atoms with E-state index in [2.05, 4.69) is 203 Å². The molecular weight excluding hydrogens is 917 g/mol. The second-order valence-electron chi connectivity index (χ2n) is 18.6. The van der Waals surface area contributed by atoms with Crippen LogP contribution < -0.4 is 0 Å². The van der Waals surface area contributed by atoms with Gasteiger partial charge in [-0.25, -0.2) is 9.97 Å². The number of hydrogen-bond donors (Lipinski definition) is 0. The van der Waals surface area contributed by atoms with E-state index in [1.165, 1.54) is 0 Å². The first-order chi connectivity index (χ1) is 37.2. The van der Waals surface area contributed by atoms with Crippen molar-refractivity contribution in [3.8, 4) is 57.4 Å². The van der Waals surface area contributed by atoms with Gasteiger partial charge in [-0.2, -0.15) is 19.9 Å². The summed E-state index contributed by atoms with van der Waals surface area (Å²) in [4.78, 5) is 31.4. The van der Waals surface area contributed by atoms with E-state index in [9.17, 15) is 0 Å². The van der Waals surface area contributed by atoms with Crippen molar-refractivity contribution in [2.24, 2.45) is 0 Å². The van der Waals surface area contributed by atoms with Crippen molar-refractivity contribution in [2.75, 3.05) is 0 Å². The molecule has 352 valence electrons. The third-order valence-electron chi connectivity index (χ3n) is 14.4. The van der Waals surface area contributed by atoms with Gasteiger partial charge >= 0.3 is 0 Å². The van der Waals surface area contributed by atoms with Gasteiger partial charge in [0.05, 0.1) is 27.5 Å². The van der Waals surface area contributed by atoms with Gasteiger partial charge in [0.2, 0.25) is 11.9 Å². The number of benzene rings is 10. The highest BCUT2D eigenvalue weighted by Gasteiger charge is 2.42. The molecule has 0 bridgehead atoms. The molecule has 4 heterocycles. The van der Waals surface area contributed by atoms with Crippen LogP contribution in [0, 0.1) is 0 Å². The summed E-state index contributed by atoms with van der Waals surface area (Å²) in [6.45, 7) is 0. The van der Waals surface area contributed by atoms with E-state index in [1.807, 2.05) is 72.8 Å². The van der Waals surface area contributed by atoms with Crippen molar-refractivity contribution in [1.29, 1.82) is 0 Å². The number of para-hydroxylation sites is 2. The molecule has 8 heteroatoms. The van der Waals surface area contributed by atoms with E-state index in [4.69, 9.17) is 29.9 Å². The first kappa shape index (κ1) is 43.6. The molecule has 8 nitrogen and oxygen atoms in total. The molecule has 0 saturated heterocycles. The van der Waals surface area contributed by atoms with Gasteiger partial charge in [-0.3, -0.25) is 9.13 Å². The van der Waals surface area contributed by atoms with Crippen molar-refractivity contribution >= 4 is 43.6 Å². The second-order valence-corrected chi connectivity index (χ2v) is 18.6. The zero-order valence-corrected chi connectivity index (χ0v) is 40.5. The maximum Gasteiger partial charge on any atom is 0.238 e. The summed E-state index contributed by atoms with van der Waals surface area (Å²) in [5.74, 6) is 3.44. The molecule has 4 aromatic heterocycles. The van der Waals surface area contributed by atoms with Crippen LogP contribution in [0.5, 0.6) is 0 Å². The molecule has 0 unspecified atom stereocenters. The lowest BCUT2D eigenvalue weighted by molar-refractivity contribution is 0.760. The minimum absolute atomic E-state index is 0.531. The van der Waals surface area contributed by atoms with Crippen LogP contribution in [0.1, 0.15) is 22.3 Å². The summed E-state index contributed by atoms with van der Waals surface area (Å²) in [5, 5.41) is 4.32. The van der Waals surface area contributed by atoms with Crippen LogP contribution in [0.25, 0.3) is 101 Å². The quantitative estimate of drug-likeness (QED) is 0.127. The Bertz CT molecular complexity index is 3990. The number of nitrogens with zero attached hydrogens (tertiary/aromatic N) is 8. The van der Waals surface area contributed by atoms with Crippen LogP contribution in [-0.2, 0) is 5.41 Å². The third kappa shape index (κ3) is 7.22. The highest BCUT2D eigenvalue weighted by atomic mass is 15.2. The third-order valence-corrected chi connectivity index (χ3v) is 14.4. The van der Waals surface area contributed by atoms with Gasteiger partial charge in [0.25, 0.3) is 0 Å². The lowest BCUT2D eigenvalue weighted by Gasteiger charge is -2.38. The van der Waals surface area contributed by atoms with Gasteiger partial charge in [-0.1, -0.05) is 243 Å². The molecule has 14 aromatic rings. The molecule has 0 fully saturated rings. The number of rotatable bonds is 10. The van der Waals surface area contributed by atoms with E-state index in [1.54, 1.807) is 0 Å². The van der Waals surface area contributed by atoms with E-state index in [0.717, 1.165) is 88.1 Å². The van der Waals surface area contributed by atoms with Crippen LogP contribution in [0.4, 0.5) is 0 Å². The predicted molar refractivity (Wildman–Crippen MR) is 302 cm³/mol. The lowest BCUT2D eigenvalue weighted by atomic mass is 9.63. The van der Waals surface area contributed by atoms with Crippen molar-refractivity contribution in [2.45, 2.75) is 5.41 Å². The van der Waals surface area contributed by atoms with Gasteiger partial charge in [0.1, 0.15) is 0 Å². The molecule has 0 aliphatic carbocycles. The fourth-order valence-electron chi connectivity index (χ4n) is 11.2. The van der Waals surface area contributed by atoms with Crippen LogP contribution in [0.2, 0.25) is 0 Å². The largest absolute Gasteiger partial charge is 0.278 e. The Morgan fingerprint density at radius 3 is 0.853 bits per heavy atom. The minimum atomic E-state index is -0.918. The average molecular weight is 961 g/mol. The molecule has 0 N–H and O–H groups in total. The molecule has 75 heavy (non-hydrogen) atoms. The minimum Gasteiger partial charge on any atom is -0.278 e. The van der Waals surface area contributed by atoms with Gasteiger partial charge in [-0.05, 0) is 46.5 Å². The van der Waals surface area contributed by atoms with E-state index in [0.29, 0.717) is 35.2 Å². The summed E-state index contributed by atoms with van der Waals surface area (Å²) in [7, 11) is 0. The highest BCUT2D eigenvalue weighted by molar-refractivity contribution is 6.14. The Morgan fingerprint density at radius 2 is 0.520 bits per heavy atom. The smallest absolute Gasteiger partial charge is 0.238 e. The Kier molecular flexibility index (Phi) is 10.5. The first-order valence-corrected chi connectivity index (χ1v) is 25.1. The predicted octanol–water partition coefficient (Wildman–Crippen LogP) is 15.3. The zero-order valence-electron chi connectivity index (χ0n) is 40.5. The van der Waals surface area contributed by atoms with Gasteiger partial charge < -0.3 is 0 Å². The first-order valence-electron chi connectivity index (χ1n) is 25.1. The highest BCUT2D eigenvalue weighted by Crippen LogP contribution is 2.52. The zero-order chi connectivity index (χ0) is 49.7. The standard InChI is InChI=1S/C67H44N8/c1-7-25-45(26-8-1)61-68-62(46-27-9-2-10-28-46)71-65(70-61)74-55-41-21-19-37-51(55)59-53(39-23-43-57(59)74)67(49-33-15-5-16-34-49,50-35-17-6-18-36-50)54-40-24-44-58-60(54)52-38-20-22-42-56(52)75(58)66-72-63(47-29-11-3-12-30-47)69-64(73-66)48-31-13-4-14-32-48/h1-44H. The SMILES string of the molecule is c1ccc(-c2nc(-c3ccccc3)nc(-n3c4ccccc4c4c(C(c5ccccc5)(c5ccccc5)c5cccc6c5c5ccccc5n6-c5nc(-c6ccccc6)nc(-c6ccccc6)n5)cccc43)n2)cc1.